The van der Waals surface area contributed by atoms with E-state index < -0.39 is 5.60 Å². The molecule has 0 saturated carbocycles. The predicted octanol–water partition coefficient (Wildman–Crippen LogP) is 3.34. The van der Waals surface area contributed by atoms with Crippen molar-refractivity contribution in [2.24, 2.45) is 0 Å². The van der Waals surface area contributed by atoms with Crippen LogP contribution in [0.2, 0.25) is 0 Å². The molecule has 0 bridgehead atoms. The Labute approximate surface area is 108 Å². The van der Waals surface area contributed by atoms with Crippen LogP contribution in [0.1, 0.15) is 25.0 Å². The minimum atomic E-state index is -0.980. The third-order valence-electron chi connectivity index (χ3n) is 3.06. The SMILES string of the molecule is CCOc1ccc(C(C)(O)c2ccccc2)cc1. The van der Waals surface area contributed by atoms with Crippen molar-refractivity contribution in [3.8, 4) is 5.75 Å². The molecule has 0 heterocycles. The number of benzene rings is 2. The van der Waals surface area contributed by atoms with Gasteiger partial charge in [-0.05, 0) is 37.1 Å². The van der Waals surface area contributed by atoms with E-state index in [2.05, 4.69) is 0 Å². The molecule has 0 aliphatic heterocycles. The molecule has 0 saturated heterocycles. The van der Waals surface area contributed by atoms with E-state index in [1.807, 2.05) is 61.5 Å². The highest BCUT2D eigenvalue weighted by Gasteiger charge is 2.24. The van der Waals surface area contributed by atoms with Gasteiger partial charge in [-0.25, -0.2) is 0 Å². The number of ether oxygens (including phenoxy) is 1. The van der Waals surface area contributed by atoms with Crippen LogP contribution in [0.3, 0.4) is 0 Å². The summed E-state index contributed by atoms with van der Waals surface area (Å²) in [5, 5.41) is 10.6. The molecular formula is C16H18O2. The maximum Gasteiger partial charge on any atom is 0.119 e. The van der Waals surface area contributed by atoms with Gasteiger partial charge in [0.2, 0.25) is 0 Å². The lowest BCUT2D eigenvalue weighted by Gasteiger charge is -2.24. The minimum Gasteiger partial charge on any atom is -0.494 e. The zero-order valence-electron chi connectivity index (χ0n) is 10.8. The second-order valence-corrected chi connectivity index (χ2v) is 4.40. The first kappa shape index (κ1) is 12.7. The zero-order valence-corrected chi connectivity index (χ0v) is 10.8. The molecular weight excluding hydrogens is 224 g/mol. The first-order valence-electron chi connectivity index (χ1n) is 6.16. The van der Waals surface area contributed by atoms with E-state index in [-0.39, 0.29) is 0 Å². The summed E-state index contributed by atoms with van der Waals surface area (Å²) < 4.78 is 5.40. The molecule has 2 heteroatoms. The molecule has 18 heavy (non-hydrogen) atoms. The second kappa shape index (κ2) is 5.23. The van der Waals surface area contributed by atoms with Gasteiger partial charge in [-0.3, -0.25) is 0 Å². The summed E-state index contributed by atoms with van der Waals surface area (Å²) in [6.45, 7) is 4.40. The molecule has 2 aromatic carbocycles. The highest BCUT2D eigenvalue weighted by molar-refractivity contribution is 5.37. The van der Waals surface area contributed by atoms with Gasteiger partial charge in [-0.1, -0.05) is 42.5 Å². The normalized spacial score (nSPS) is 13.9. The highest BCUT2D eigenvalue weighted by atomic mass is 16.5. The van der Waals surface area contributed by atoms with E-state index in [0.717, 1.165) is 16.9 Å². The Balaban J connectivity index is 2.30. The Morgan fingerprint density at radius 2 is 1.50 bits per heavy atom. The second-order valence-electron chi connectivity index (χ2n) is 4.40. The summed E-state index contributed by atoms with van der Waals surface area (Å²) in [5.41, 5.74) is 0.762. The van der Waals surface area contributed by atoms with Gasteiger partial charge in [-0.15, -0.1) is 0 Å². The fraction of sp³-hybridized carbons (Fsp3) is 0.250. The smallest absolute Gasteiger partial charge is 0.119 e. The van der Waals surface area contributed by atoms with Gasteiger partial charge in [0, 0.05) is 0 Å². The van der Waals surface area contributed by atoms with E-state index in [0.29, 0.717) is 6.61 Å². The largest absolute Gasteiger partial charge is 0.494 e. The van der Waals surface area contributed by atoms with E-state index >= 15 is 0 Å². The van der Waals surface area contributed by atoms with E-state index in [9.17, 15) is 5.11 Å². The van der Waals surface area contributed by atoms with Crippen LogP contribution in [0.5, 0.6) is 5.75 Å². The molecule has 2 rings (SSSR count). The summed E-state index contributed by atoms with van der Waals surface area (Å²) in [4.78, 5) is 0. The van der Waals surface area contributed by atoms with Gasteiger partial charge in [0.25, 0.3) is 0 Å². The van der Waals surface area contributed by atoms with Crippen LogP contribution in [0, 0.1) is 0 Å². The van der Waals surface area contributed by atoms with Crippen LogP contribution >= 0.6 is 0 Å². The number of hydrogen-bond acceptors (Lipinski definition) is 2. The van der Waals surface area contributed by atoms with Crippen molar-refractivity contribution >= 4 is 0 Å². The summed E-state index contributed by atoms with van der Waals surface area (Å²) in [6, 6.07) is 17.2. The average Bonchev–Trinajstić information content (AvgIpc) is 2.41. The molecule has 1 unspecified atom stereocenters. The van der Waals surface area contributed by atoms with Gasteiger partial charge in [0.1, 0.15) is 11.4 Å². The van der Waals surface area contributed by atoms with Gasteiger partial charge in [-0.2, -0.15) is 0 Å². The summed E-state index contributed by atoms with van der Waals surface area (Å²) >= 11 is 0. The average molecular weight is 242 g/mol. The topological polar surface area (TPSA) is 29.5 Å². The predicted molar refractivity (Wildman–Crippen MR) is 72.7 cm³/mol. The maximum atomic E-state index is 10.6. The summed E-state index contributed by atoms with van der Waals surface area (Å²) in [5.74, 6) is 0.824. The van der Waals surface area contributed by atoms with Crippen molar-refractivity contribution in [1.29, 1.82) is 0 Å². The van der Waals surface area contributed by atoms with Crippen LogP contribution in [0.15, 0.2) is 54.6 Å². The number of hydrogen-bond donors (Lipinski definition) is 1. The van der Waals surface area contributed by atoms with E-state index in [1.54, 1.807) is 6.92 Å². The fourth-order valence-electron chi connectivity index (χ4n) is 1.97. The Morgan fingerprint density at radius 1 is 0.944 bits per heavy atom. The Hall–Kier alpha value is -1.80. The zero-order chi connectivity index (χ0) is 13.0. The Morgan fingerprint density at radius 3 is 2.06 bits per heavy atom. The van der Waals surface area contributed by atoms with Crippen LogP contribution in [-0.4, -0.2) is 11.7 Å². The lowest BCUT2D eigenvalue weighted by molar-refractivity contribution is 0.102. The molecule has 1 atom stereocenters. The Kier molecular flexibility index (Phi) is 3.68. The molecule has 0 amide bonds. The molecule has 2 nitrogen and oxygen atoms in total. The lowest BCUT2D eigenvalue weighted by Crippen LogP contribution is -2.22. The quantitative estimate of drug-likeness (QED) is 0.891. The maximum absolute atomic E-state index is 10.6. The van der Waals surface area contributed by atoms with Crippen molar-refractivity contribution in [1.82, 2.24) is 0 Å². The van der Waals surface area contributed by atoms with Crippen molar-refractivity contribution in [3.63, 3.8) is 0 Å². The standard InChI is InChI=1S/C16H18O2/c1-3-18-15-11-9-14(10-12-15)16(2,17)13-7-5-4-6-8-13/h4-12,17H,3H2,1-2H3. The van der Waals surface area contributed by atoms with Crippen LogP contribution < -0.4 is 4.74 Å². The van der Waals surface area contributed by atoms with Gasteiger partial charge >= 0.3 is 0 Å². The van der Waals surface area contributed by atoms with Crippen LogP contribution in [0.4, 0.5) is 0 Å². The molecule has 0 fully saturated rings. The molecule has 0 aliphatic carbocycles. The summed E-state index contributed by atoms with van der Waals surface area (Å²) in [7, 11) is 0. The van der Waals surface area contributed by atoms with Crippen molar-refractivity contribution < 1.29 is 9.84 Å². The molecule has 94 valence electrons. The van der Waals surface area contributed by atoms with Gasteiger partial charge in [0.15, 0.2) is 0 Å². The molecule has 1 N–H and O–H groups in total. The third kappa shape index (κ3) is 2.54. The summed E-state index contributed by atoms with van der Waals surface area (Å²) in [6.07, 6.45) is 0. The van der Waals surface area contributed by atoms with Crippen molar-refractivity contribution in [2.75, 3.05) is 6.61 Å². The highest BCUT2D eigenvalue weighted by Crippen LogP contribution is 2.29. The van der Waals surface area contributed by atoms with Gasteiger partial charge < -0.3 is 9.84 Å². The van der Waals surface area contributed by atoms with Crippen molar-refractivity contribution in [2.45, 2.75) is 19.4 Å². The Bertz CT molecular complexity index is 486. The van der Waals surface area contributed by atoms with Gasteiger partial charge in [0.05, 0.1) is 6.61 Å². The fourth-order valence-corrected chi connectivity index (χ4v) is 1.97. The monoisotopic (exact) mass is 242 g/mol. The van der Waals surface area contributed by atoms with E-state index in [1.165, 1.54) is 0 Å². The first-order chi connectivity index (χ1) is 8.64. The molecule has 2 aromatic rings. The third-order valence-corrected chi connectivity index (χ3v) is 3.06. The first-order valence-corrected chi connectivity index (χ1v) is 6.16. The van der Waals surface area contributed by atoms with Crippen LogP contribution in [0.25, 0.3) is 0 Å². The lowest BCUT2D eigenvalue weighted by atomic mass is 9.88. The molecule has 0 spiro atoms. The van der Waals surface area contributed by atoms with Crippen LogP contribution in [-0.2, 0) is 5.60 Å². The molecule has 0 radical (unpaired) electrons. The van der Waals surface area contributed by atoms with E-state index in [4.69, 9.17) is 4.74 Å². The number of rotatable bonds is 4. The molecule has 0 aliphatic rings. The number of aliphatic hydroxyl groups is 1. The minimum absolute atomic E-state index is 0.647. The molecule has 0 aromatic heterocycles. The van der Waals surface area contributed by atoms with Crippen molar-refractivity contribution in [3.05, 3.63) is 65.7 Å².